The van der Waals surface area contributed by atoms with Crippen LogP contribution in [0, 0.1) is 19.8 Å². The molecule has 5 heteroatoms. The fourth-order valence-electron chi connectivity index (χ4n) is 4.56. The zero-order valence-corrected chi connectivity index (χ0v) is 17.2. The van der Waals surface area contributed by atoms with Gasteiger partial charge in [0.25, 0.3) is 0 Å². The van der Waals surface area contributed by atoms with Crippen molar-refractivity contribution in [3.05, 3.63) is 34.9 Å². The number of nitrogens with one attached hydrogen (secondary N) is 2. The summed E-state index contributed by atoms with van der Waals surface area (Å²) in [6.07, 6.45) is 7.32. The van der Waals surface area contributed by atoms with E-state index in [1.54, 1.807) is 0 Å². The van der Waals surface area contributed by atoms with Crippen LogP contribution in [0.3, 0.4) is 0 Å². The van der Waals surface area contributed by atoms with Gasteiger partial charge in [-0.15, -0.1) is 0 Å². The summed E-state index contributed by atoms with van der Waals surface area (Å²) >= 11 is 0. The van der Waals surface area contributed by atoms with Gasteiger partial charge in [0.15, 0.2) is 0 Å². The van der Waals surface area contributed by atoms with Crippen molar-refractivity contribution < 1.29 is 9.59 Å². The molecule has 1 heterocycles. The zero-order chi connectivity index (χ0) is 19.7. The Morgan fingerprint density at radius 3 is 2.36 bits per heavy atom. The Labute approximate surface area is 168 Å². The molecular weight excluding hydrogens is 350 g/mol. The molecule has 1 saturated heterocycles. The number of carbonyl (C=O) groups excluding carboxylic acids is 2. The van der Waals surface area contributed by atoms with Crippen molar-refractivity contribution in [2.45, 2.75) is 70.3 Å². The van der Waals surface area contributed by atoms with E-state index >= 15 is 0 Å². The maximum absolute atomic E-state index is 12.5. The highest BCUT2D eigenvalue weighted by atomic mass is 16.2. The minimum Gasteiger partial charge on any atom is -0.342 e. The topological polar surface area (TPSA) is 61.4 Å². The molecule has 152 valence electrons. The van der Waals surface area contributed by atoms with Crippen LogP contribution in [0.5, 0.6) is 0 Å². The smallest absolute Gasteiger partial charge is 0.315 e. The first-order valence-electron chi connectivity index (χ1n) is 10.9. The Morgan fingerprint density at radius 1 is 1.07 bits per heavy atom. The minimum absolute atomic E-state index is 0.0675. The SMILES string of the molecule is Cc1ccc(C2(CNC(=O)NC3CCN(C(=O)C4CC4)CC3)CCC2)cc1C. The third kappa shape index (κ3) is 4.03. The number of benzene rings is 1. The van der Waals surface area contributed by atoms with Crippen molar-refractivity contribution in [1.29, 1.82) is 0 Å². The Balaban J connectivity index is 1.26. The van der Waals surface area contributed by atoms with E-state index in [1.807, 2.05) is 4.90 Å². The van der Waals surface area contributed by atoms with Crippen LogP contribution in [0.1, 0.15) is 61.6 Å². The maximum atomic E-state index is 12.5. The lowest BCUT2D eigenvalue weighted by molar-refractivity contribution is -0.133. The summed E-state index contributed by atoms with van der Waals surface area (Å²) in [5.41, 5.74) is 4.08. The summed E-state index contributed by atoms with van der Waals surface area (Å²) in [5.74, 6) is 0.611. The fourth-order valence-corrected chi connectivity index (χ4v) is 4.56. The second kappa shape index (κ2) is 7.76. The summed E-state index contributed by atoms with van der Waals surface area (Å²) in [6, 6.07) is 6.82. The molecular formula is C23H33N3O2. The molecule has 0 bridgehead atoms. The monoisotopic (exact) mass is 383 g/mol. The van der Waals surface area contributed by atoms with E-state index in [0.29, 0.717) is 12.5 Å². The van der Waals surface area contributed by atoms with E-state index in [1.165, 1.54) is 23.1 Å². The number of urea groups is 1. The van der Waals surface area contributed by atoms with Crippen LogP contribution in [0.4, 0.5) is 4.79 Å². The third-order valence-electron chi connectivity index (χ3n) is 7.09. The molecule has 1 aromatic rings. The van der Waals surface area contributed by atoms with E-state index in [9.17, 15) is 9.59 Å². The second-order valence-corrected chi connectivity index (χ2v) is 9.13. The number of nitrogens with zero attached hydrogens (tertiary/aromatic N) is 1. The van der Waals surface area contributed by atoms with Crippen LogP contribution in [0.2, 0.25) is 0 Å². The number of amides is 3. The second-order valence-electron chi connectivity index (χ2n) is 9.13. The van der Waals surface area contributed by atoms with Gasteiger partial charge >= 0.3 is 6.03 Å². The van der Waals surface area contributed by atoms with Gasteiger partial charge in [0.1, 0.15) is 0 Å². The van der Waals surface area contributed by atoms with Crippen LogP contribution in [-0.4, -0.2) is 42.5 Å². The zero-order valence-electron chi connectivity index (χ0n) is 17.2. The highest BCUT2D eigenvalue weighted by molar-refractivity contribution is 5.81. The molecule has 1 aromatic carbocycles. The molecule has 3 amide bonds. The Morgan fingerprint density at radius 2 is 1.79 bits per heavy atom. The molecule has 0 atom stereocenters. The third-order valence-corrected chi connectivity index (χ3v) is 7.09. The molecule has 0 aromatic heterocycles. The standard InChI is InChI=1S/C23H33N3O2/c1-16-4-7-19(14-17(16)2)23(10-3-11-23)15-24-22(28)25-20-8-12-26(13-9-20)21(27)18-5-6-18/h4,7,14,18,20H,3,5-6,8-13,15H2,1-2H3,(H2,24,25,28). The van der Waals surface area contributed by atoms with Gasteiger partial charge in [-0.25, -0.2) is 4.79 Å². The highest BCUT2D eigenvalue weighted by Gasteiger charge is 2.39. The highest BCUT2D eigenvalue weighted by Crippen LogP contribution is 2.43. The lowest BCUT2D eigenvalue weighted by atomic mass is 9.64. The number of carbonyl (C=O) groups is 2. The summed E-state index contributed by atoms with van der Waals surface area (Å²) in [6.45, 7) is 6.54. The Kier molecular flexibility index (Phi) is 5.35. The van der Waals surface area contributed by atoms with Crippen molar-refractivity contribution >= 4 is 11.9 Å². The summed E-state index contributed by atoms with van der Waals surface area (Å²) < 4.78 is 0. The molecule has 0 unspecified atom stereocenters. The van der Waals surface area contributed by atoms with Crippen molar-refractivity contribution in [3.8, 4) is 0 Å². The Bertz CT molecular complexity index is 744. The quantitative estimate of drug-likeness (QED) is 0.818. The first kappa shape index (κ1) is 19.3. The molecule has 0 spiro atoms. The van der Waals surface area contributed by atoms with Crippen LogP contribution in [0.25, 0.3) is 0 Å². The number of hydrogen-bond donors (Lipinski definition) is 2. The van der Waals surface area contributed by atoms with Gasteiger partial charge < -0.3 is 15.5 Å². The van der Waals surface area contributed by atoms with E-state index < -0.39 is 0 Å². The summed E-state index contributed by atoms with van der Waals surface area (Å²) in [7, 11) is 0. The summed E-state index contributed by atoms with van der Waals surface area (Å²) in [5, 5.41) is 6.26. The maximum Gasteiger partial charge on any atom is 0.315 e. The Hall–Kier alpha value is -2.04. The number of hydrogen-bond acceptors (Lipinski definition) is 2. The number of aryl methyl sites for hydroxylation is 2. The van der Waals surface area contributed by atoms with Gasteiger partial charge in [-0.1, -0.05) is 24.6 Å². The first-order valence-corrected chi connectivity index (χ1v) is 10.9. The largest absolute Gasteiger partial charge is 0.342 e. The average molecular weight is 384 g/mol. The van der Waals surface area contributed by atoms with Gasteiger partial charge in [-0.3, -0.25) is 4.79 Å². The van der Waals surface area contributed by atoms with Gasteiger partial charge in [0.2, 0.25) is 5.91 Å². The van der Waals surface area contributed by atoms with Crippen molar-refractivity contribution in [2.75, 3.05) is 19.6 Å². The molecule has 28 heavy (non-hydrogen) atoms. The average Bonchev–Trinajstić information content (AvgIpc) is 3.49. The van der Waals surface area contributed by atoms with Crippen LogP contribution >= 0.6 is 0 Å². The van der Waals surface area contributed by atoms with Crippen LogP contribution in [0.15, 0.2) is 18.2 Å². The van der Waals surface area contributed by atoms with Crippen molar-refractivity contribution in [3.63, 3.8) is 0 Å². The van der Waals surface area contributed by atoms with Gasteiger partial charge in [-0.05, 0) is 69.1 Å². The molecule has 2 saturated carbocycles. The lowest BCUT2D eigenvalue weighted by Gasteiger charge is -2.43. The van der Waals surface area contributed by atoms with E-state index in [4.69, 9.17) is 0 Å². The van der Waals surface area contributed by atoms with Crippen molar-refractivity contribution in [2.24, 2.45) is 5.92 Å². The molecule has 3 aliphatic rings. The first-order chi connectivity index (χ1) is 13.5. The van der Waals surface area contributed by atoms with E-state index in [0.717, 1.165) is 51.6 Å². The van der Waals surface area contributed by atoms with Crippen LogP contribution in [-0.2, 0) is 10.2 Å². The van der Waals surface area contributed by atoms with Crippen LogP contribution < -0.4 is 10.6 Å². The predicted octanol–water partition coefficient (Wildman–Crippen LogP) is 3.43. The molecule has 4 rings (SSSR count). The number of rotatable bonds is 5. The van der Waals surface area contributed by atoms with E-state index in [2.05, 4.69) is 42.7 Å². The molecule has 3 fully saturated rings. The van der Waals surface area contributed by atoms with Gasteiger partial charge in [0.05, 0.1) is 0 Å². The molecule has 0 radical (unpaired) electrons. The lowest BCUT2D eigenvalue weighted by Crippen LogP contribution is -2.52. The minimum atomic E-state index is -0.0675. The molecule has 5 nitrogen and oxygen atoms in total. The number of likely N-dealkylation sites (tertiary alicyclic amines) is 1. The van der Waals surface area contributed by atoms with Crippen molar-refractivity contribution in [1.82, 2.24) is 15.5 Å². The number of piperidine rings is 1. The molecule has 2 aliphatic carbocycles. The normalized spacial score (nSPS) is 21.7. The van der Waals surface area contributed by atoms with Gasteiger partial charge in [0, 0.05) is 37.0 Å². The molecule has 1 aliphatic heterocycles. The molecule has 2 N–H and O–H groups in total. The summed E-state index contributed by atoms with van der Waals surface area (Å²) in [4.78, 5) is 26.6. The fraction of sp³-hybridized carbons (Fsp3) is 0.652. The predicted molar refractivity (Wildman–Crippen MR) is 110 cm³/mol. The van der Waals surface area contributed by atoms with Gasteiger partial charge in [-0.2, -0.15) is 0 Å². The van der Waals surface area contributed by atoms with E-state index in [-0.39, 0.29) is 23.4 Å².